The number of methoxy groups -OCH3 is 1. The monoisotopic (exact) mass is 468 g/mol. The number of Topliss-reactive ketones (excluding diaryl/α,β-unsaturated/α-hetero) is 1. The molecule has 4 rings (SSSR count). The topological polar surface area (TPSA) is 79.3 Å². The predicted molar refractivity (Wildman–Crippen MR) is 125 cm³/mol. The van der Waals surface area contributed by atoms with Crippen LogP contribution in [-0.4, -0.2) is 73.1 Å². The Balaban J connectivity index is 1.69. The van der Waals surface area contributed by atoms with Crippen LogP contribution in [0.3, 0.4) is 0 Å². The molecule has 0 bridgehead atoms. The Hall–Kier alpha value is -3.23. The number of nitrogens with zero attached hydrogens (tertiary/aromatic N) is 2. The number of ketones is 1. The number of halogens is 1. The molecular formula is C26H29FN2O5. The van der Waals surface area contributed by atoms with Crippen molar-refractivity contribution >= 4 is 17.4 Å². The van der Waals surface area contributed by atoms with Crippen molar-refractivity contribution in [2.24, 2.45) is 0 Å². The van der Waals surface area contributed by atoms with Crippen LogP contribution >= 0.6 is 0 Å². The Morgan fingerprint density at radius 1 is 1.12 bits per heavy atom. The molecular weight excluding hydrogens is 439 g/mol. The van der Waals surface area contributed by atoms with Crippen LogP contribution in [0.1, 0.15) is 29.2 Å². The molecule has 2 aliphatic rings. The Bertz CT molecular complexity index is 1090. The van der Waals surface area contributed by atoms with Gasteiger partial charge in [-0.05, 0) is 54.8 Å². The molecule has 8 heteroatoms. The molecule has 2 aromatic carbocycles. The molecule has 180 valence electrons. The lowest BCUT2D eigenvalue weighted by molar-refractivity contribution is -0.140. The van der Waals surface area contributed by atoms with Crippen molar-refractivity contribution in [3.63, 3.8) is 0 Å². The number of aliphatic hydroxyl groups is 1. The van der Waals surface area contributed by atoms with Crippen LogP contribution in [0.15, 0.2) is 48.0 Å². The third-order valence-corrected chi connectivity index (χ3v) is 6.39. The van der Waals surface area contributed by atoms with E-state index in [4.69, 9.17) is 9.47 Å². The van der Waals surface area contributed by atoms with Gasteiger partial charge in [-0.25, -0.2) is 4.39 Å². The molecule has 34 heavy (non-hydrogen) atoms. The number of hydrogen-bond acceptors (Lipinski definition) is 6. The van der Waals surface area contributed by atoms with Gasteiger partial charge in [0.05, 0.1) is 31.9 Å². The van der Waals surface area contributed by atoms with E-state index in [2.05, 4.69) is 4.90 Å². The molecule has 1 N–H and O–H groups in total. The number of carbonyl (C=O) groups is 2. The van der Waals surface area contributed by atoms with Gasteiger partial charge in [0, 0.05) is 31.7 Å². The normalized spacial score (nSPS) is 20.7. The van der Waals surface area contributed by atoms with E-state index in [1.165, 1.54) is 17.0 Å². The van der Waals surface area contributed by atoms with E-state index in [1.807, 2.05) is 0 Å². The zero-order valence-electron chi connectivity index (χ0n) is 19.4. The lowest BCUT2D eigenvalue weighted by atomic mass is 9.94. The molecule has 0 spiro atoms. The molecule has 0 aromatic heterocycles. The lowest BCUT2D eigenvalue weighted by Crippen LogP contribution is -2.38. The summed E-state index contributed by atoms with van der Waals surface area (Å²) in [6.07, 6.45) is 0.659. The van der Waals surface area contributed by atoms with E-state index in [9.17, 15) is 19.1 Å². The van der Waals surface area contributed by atoms with Crippen molar-refractivity contribution in [3.8, 4) is 5.75 Å². The van der Waals surface area contributed by atoms with E-state index < -0.39 is 23.5 Å². The van der Waals surface area contributed by atoms with Crippen LogP contribution in [0.4, 0.5) is 4.39 Å². The second kappa shape index (κ2) is 10.4. The fourth-order valence-corrected chi connectivity index (χ4v) is 4.57. The van der Waals surface area contributed by atoms with Gasteiger partial charge in [0.2, 0.25) is 0 Å². The molecule has 0 radical (unpaired) electrons. The molecule has 2 heterocycles. The smallest absolute Gasteiger partial charge is 0.295 e. The van der Waals surface area contributed by atoms with Crippen molar-refractivity contribution in [3.05, 3.63) is 70.5 Å². The number of ether oxygens (including phenoxy) is 2. The maximum Gasteiger partial charge on any atom is 0.295 e. The minimum Gasteiger partial charge on any atom is -0.507 e. The van der Waals surface area contributed by atoms with Crippen LogP contribution in [0.25, 0.3) is 5.76 Å². The fraction of sp³-hybridized carbons (Fsp3) is 0.385. The number of morpholine rings is 1. The number of likely N-dealkylation sites (tertiary alicyclic amines) is 1. The average Bonchev–Trinajstić information content (AvgIpc) is 3.09. The first-order valence-corrected chi connectivity index (χ1v) is 11.4. The summed E-state index contributed by atoms with van der Waals surface area (Å²) in [6, 6.07) is 9.99. The van der Waals surface area contributed by atoms with E-state index >= 15 is 0 Å². The van der Waals surface area contributed by atoms with Crippen LogP contribution in [0.2, 0.25) is 0 Å². The Morgan fingerprint density at radius 3 is 2.47 bits per heavy atom. The Morgan fingerprint density at radius 2 is 1.82 bits per heavy atom. The quantitative estimate of drug-likeness (QED) is 0.382. The highest BCUT2D eigenvalue weighted by molar-refractivity contribution is 6.46. The molecule has 0 aliphatic carbocycles. The summed E-state index contributed by atoms with van der Waals surface area (Å²) in [6.45, 7) is 5.92. The second-order valence-electron chi connectivity index (χ2n) is 8.53. The summed E-state index contributed by atoms with van der Waals surface area (Å²) >= 11 is 0. The van der Waals surface area contributed by atoms with Gasteiger partial charge in [0.25, 0.3) is 11.7 Å². The van der Waals surface area contributed by atoms with Gasteiger partial charge in [-0.1, -0.05) is 12.1 Å². The third-order valence-electron chi connectivity index (χ3n) is 6.39. The number of aliphatic hydroxyl groups excluding tert-OH is 1. The minimum absolute atomic E-state index is 0.0104. The summed E-state index contributed by atoms with van der Waals surface area (Å²) in [5.41, 5.74) is 1.73. The Labute approximate surface area is 198 Å². The van der Waals surface area contributed by atoms with Gasteiger partial charge in [0.15, 0.2) is 0 Å². The summed E-state index contributed by atoms with van der Waals surface area (Å²) in [5, 5.41) is 11.2. The standard InChI is InChI=1S/C26H29FN2O5/c1-17-16-20(33-2)8-9-21(17)24(30)22-23(18-4-6-19(27)7-5-18)29(26(32)25(22)31)11-3-10-28-12-14-34-15-13-28/h4-9,16,23,30H,3,10-15H2,1-2H3/b24-22+/t23-/m1/s1. The zero-order valence-corrected chi connectivity index (χ0v) is 19.4. The Kier molecular flexibility index (Phi) is 7.29. The van der Waals surface area contributed by atoms with Gasteiger partial charge in [0.1, 0.15) is 17.3 Å². The maximum atomic E-state index is 13.6. The SMILES string of the molecule is COc1ccc(/C(O)=C2\C(=O)C(=O)N(CCCN3CCOCC3)[C@@H]2c2ccc(F)cc2)c(C)c1. The number of rotatable bonds is 7. The lowest BCUT2D eigenvalue weighted by Gasteiger charge is -2.29. The first-order chi connectivity index (χ1) is 16.4. The molecule has 2 saturated heterocycles. The number of benzene rings is 2. The summed E-state index contributed by atoms with van der Waals surface area (Å²) in [7, 11) is 1.55. The second-order valence-corrected chi connectivity index (χ2v) is 8.53. The fourth-order valence-electron chi connectivity index (χ4n) is 4.57. The average molecular weight is 469 g/mol. The first kappa shape index (κ1) is 23.9. The van der Waals surface area contributed by atoms with E-state index in [0.29, 0.717) is 48.6 Å². The minimum atomic E-state index is -0.799. The molecule has 0 unspecified atom stereocenters. The molecule has 2 fully saturated rings. The number of amides is 1. The van der Waals surface area contributed by atoms with Gasteiger partial charge in [-0.2, -0.15) is 0 Å². The first-order valence-electron chi connectivity index (χ1n) is 11.4. The summed E-state index contributed by atoms with van der Waals surface area (Å²) in [4.78, 5) is 30.0. The summed E-state index contributed by atoms with van der Waals surface area (Å²) in [5.74, 6) is -1.45. The summed E-state index contributed by atoms with van der Waals surface area (Å²) < 4.78 is 24.3. The van der Waals surface area contributed by atoms with E-state index in [1.54, 1.807) is 44.4 Å². The maximum absolute atomic E-state index is 13.6. The zero-order chi connectivity index (χ0) is 24.2. The van der Waals surface area contributed by atoms with E-state index in [0.717, 1.165) is 19.6 Å². The van der Waals surface area contributed by atoms with Crippen LogP contribution in [0, 0.1) is 12.7 Å². The highest BCUT2D eigenvalue weighted by atomic mass is 19.1. The van der Waals surface area contributed by atoms with E-state index in [-0.39, 0.29) is 11.3 Å². The van der Waals surface area contributed by atoms with Gasteiger partial charge in [-0.15, -0.1) is 0 Å². The van der Waals surface area contributed by atoms with Crippen LogP contribution in [-0.2, 0) is 14.3 Å². The van der Waals surface area contributed by atoms with Crippen molar-refractivity contribution in [2.45, 2.75) is 19.4 Å². The number of aryl methyl sites for hydroxylation is 1. The molecule has 1 amide bonds. The molecule has 1 atom stereocenters. The van der Waals surface area contributed by atoms with Crippen LogP contribution < -0.4 is 4.74 Å². The van der Waals surface area contributed by atoms with Gasteiger partial charge < -0.3 is 19.5 Å². The highest BCUT2D eigenvalue weighted by Gasteiger charge is 2.46. The van der Waals surface area contributed by atoms with Crippen molar-refractivity contribution < 1.29 is 28.6 Å². The van der Waals surface area contributed by atoms with Gasteiger partial charge in [-0.3, -0.25) is 14.5 Å². The van der Waals surface area contributed by atoms with Crippen molar-refractivity contribution in [1.82, 2.24) is 9.80 Å². The van der Waals surface area contributed by atoms with Crippen molar-refractivity contribution in [2.75, 3.05) is 46.5 Å². The number of carbonyl (C=O) groups excluding carboxylic acids is 2. The number of hydrogen-bond donors (Lipinski definition) is 1. The molecule has 0 saturated carbocycles. The molecule has 7 nitrogen and oxygen atoms in total. The molecule has 2 aliphatic heterocycles. The third kappa shape index (κ3) is 4.83. The van der Waals surface area contributed by atoms with Crippen LogP contribution in [0.5, 0.6) is 5.75 Å². The van der Waals surface area contributed by atoms with Crippen molar-refractivity contribution in [1.29, 1.82) is 0 Å². The highest BCUT2D eigenvalue weighted by Crippen LogP contribution is 2.40. The van der Waals surface area contributed by atoms with Gasteiger partial charge >= 0.3 is 0 Å². The largest absolute Gasteiger partial charge is 0.507 e. The molecule has 2 aromatic rings. The predicted octanol–water partition coefficient (Wildman–Crippen LogP) is 3.29.